The van der Waals surface area contributed by atoms with Crippen molar-refractivity contribution in [3.05, 3.63) is 0 Å². The van der Waals surface area contributed by atoms with Crippen molar-refractivity contribution < 1.29 is 4.79 Å². The first-order valence-electron chi connectivity index (χ1n) is 3.56. The Morgan fingerprint density at radius 3 is 2.70 bits per heavy atom. The number of hydrogen-bond acceptors (Lipinski definition) is 1. The average molecular weight is 208 g/mol. The maximum absolute atomic E-state index is 11.0. The molecule has 0 heterocycles. The third-order valence-corrected chi connectivity index (χ3v) is 1.85. The molecule has 0 saturated heterocycles. The molecule has 0 aliphatic rings. The van der Waals surface area contributed by atoms with E-state index in [0.717, 1.165) is 18.3 Å². The lowest BCUT2D eigenvalue weighted by Crippen LogP contribution is -2.30. The number of carbonyl (C=O) groups excluding carboxylic acids is 1. The highest BCUT2D eigenvalue weighted by Crippen LogP contribution is 1.98. The summed E-state index contributed by atoms with van der Waals surface area (Å²) in [6.45, 7) is 4.67. The second kappa shape index (κ2) is 5.71. The van der Waals surface area contributed by atoms with Crippen molar-refractivity contribution in [2.24, 2.45) is 5.92 Å². The van der Waals surface area contributed by atoms with E-state index in [0.29, 0.717) is 0 Å². The van der Waals surface area contributed by atoms with Gasteiger partial charge < -0.3 is 5.32 Å². The molecule has 0 spiro atoms. The van der Waals surface area contributed by atoms with Gasteiger partial charge in [-0.25, -0.2) is 0 Å². The van der Waals surface area contributed by atoms with E-state index in [1.807, 2.05) is 13.8 Å². The molecule has 1 amide bonds. The fourth-order valence-electron chi connectivity index (χ4n) is 0.530. The molecule has 0 fully saturated rings. The molecule has 0 aromatic carbocycles. The molecule has 0 radical (unpaired) electrons. The first kappa shape index (κ1) is 9.95. The highest BCUT2D eigenvalue weighted by Gasteiger charge is 2.07. The molecular weight excluding hydrogens is 194 g/mol. The van der Waals surface area contributed by atoms with E-state index >= 15 is 0 Å². The SMILES string of the molecule is CCC(C)C(=O)NCCBr. The van der Waals surface area contributed by atoms with Crippen molar-refractivity contribution in [3.8, 4) is 0 Å². The summed E-state index contributed by atoms with van der Waals surface area (Å²) in [7, 11) is 0. The van der Waals surface area contributed by atoms with E-state index in [1.54, 1.807) is 0 Å². The van der Waals surface area contributed by atoms with Gasteiger partial charge in [-0.3, -0.25) is 4.79 Å². The molecule has 1 atom stereocenters. The van der Waals surface area contributed by atoms with Gasteiger partial charge in [0.05, 0.1) is 0 Å². The molecule has 1 N–H and O–H groups in total. The van der Waals surface area contributed by atoms with Crippen molar-refractivity contribution in [2.45, 2.75) is 20.3 Å². The van der Waals surface area contributed by atoms with Crippen LogP contribution in [-0.4, -0.2) is 17.8 Å². The summed E-state index contributed by atoms with van der Waals surface area (Å²) in [6, 6.07) is 0. The zero-order chi connectivity index (χ0) is 7.98. The minimum Gasteiger partial charge on any atom is -0.355 e. The molecule has 1 unspecified atom stereocenters. The van der Waals surface area contributed by atoms with E-state index in [2.05, 4.69) is 21.2 Å². The van der Waals surface area contributed by atoms with Gasteiger partial charge in [-0.2, -0.15) is 0 Å². The predicted molar refractivity (Wildman–Crippen MR) is 46.3 cm³/mol. The Morgan fingerprint density at radius 2 is 2.30 bits per heavy atom. The van der Waals surface area contributed by atoms with Crippen LogP contribution >= 0.6 is 15.9 Å². The summed E-state index contributed by atoms with van der Waals surface area (Å²) < 4.78 is 0. The van der Waals surface area contributed by atoms with E-state index in [9.17, 15) is 4.79 Å². The first-order chi connectivity index (χ1) is 4.72. The lowest BCUT2D eigenvalue weighted by atomic mass is 10.1. The van der Waals surface area contributed by atoms with Gasteiger partial charge in [0, 0.05) is 17.8 Å². The van der Waals surface area contributed by atoms with Gasteiger partial charge in [0.15, 0.2) is 0 Å². The molecular formula is C7H14BrNO. The van der Waals surface area contributed by atoms with Gasteiger partial charge >= 0.3 is 0 Å². The van der Waals surface area contributed by atoms with Crippen LogP contribution in [0.25, 0.3) is 0 Å². The number of hydrogen-bond donors (Lipinski definition) is 1. The monoisotopic (exact) mass is 207 g/mol. The molecule has 0 aliphatic carbocycles. The first-order valence-corrected chi connectivity index (χ1v) is 4.68. The molecule has 0 saturated carbocycles. The van der Waals surface area contributed by atoms with Crippen molar-refractivity contribution in [2.75, 3.05) is 11.9 Å². The molecule has 0 aromatic rings. The Morgan fingerprint density at radius 1 is 1.70 bits per heavy atom. The maximum Gasteiger partial charge on any atom is 0.222 e. The van der Waals surface area contributed by atoms with E-state index in [1.165, 1.54) is 0 Å². The van der Waals surface area contributed by atoms with Crippen LogP contribution in [0.1, 0.15) is 20.3 Å². The van der Waals surface area contributed by atoms with Crippen molar-refractivity contribution in [1.29, 1.82) is 0 Å². The zero-order valence-electron chi connectivity index (χ0n) is 6.48. The van der Waals surface area contributed by atoms with E-state index < -0.39 is 0 Å². The van der Waals surface area contributed by atoms with Gasteiger partial charge in [0.2, 0.25) is 5.91 Å². The van der Waals surface area contributed by atoms with Gasteiger partial charge in [-0.15, -0.1) is 0 Å². The zero-order valence-corrected chi connectivity index (χ0v) is 8.07. The number of alkyl halides is 1. The summed E-state index contributed by atoms with van der Waals surface area (Å²) in [4.78, 5) is 11.0. The van der Waals surface area contributed by atoms with Crippen molar-refractivity contribution >= 4 is 21.8 Å². The molecule has 10 heavy (non-hydrogen) atoms. The molecule has 3 heteroatoms. The summed E-state index contributed by atoms with van der Waals surface area (Å²) in [5.41, 5.74) is 0. The fourth-order valence-corrected chi connectivity index (χ4v) is 0.728. The van der Waals surface area contributed by atoms with Crippen molar-refractivity contribution in [1.82, 2.24) is 5.32 Å². The number of halogens is 1. The van der Waals surface area contributed by atoms with E-state index in [-0.39, 0.29) is 11.8 Å². The second-order valence-electron chi connectivity index (χ2n) is 2.29. The van der Waals surface area contributed by atoms with E-state index in [4.69, 9.17) is 0 Å². The van der Waals surface area contributed by atoms with Gasteiger partial charge in [-0.05, 0) is 6.42 Å². The second-order valence-corrected chi connectivity index (χ2v) is 3.08. The minimum absolute atomic E-state index is 0.152. The van der Waals surface area contributed by atoms with Crippen LogP contribution in [0.2, 0.25) is 0 Å². The summed E-state index contributed by atoms with van der Waals surface area (Å²) in [5.74, 6) is 0.306. The van der Waals surface area contributed by atoms with Crippen LogP contribution in [0.5, 0.6) is 0 Å². The predicted octanol–water partition coefficient (Wildman–Crippen LogP) is 1.54. The largest absolute Gasteiger partial charge is 0.355 e. The van der Waals surface area contributed by atoms with Gasteiger partial charge in [-0.1, -0.05) is 29.8 Å². The Kier molecular flexibility index (Phi) is 5.69. The Hall–Kier alpha value is -0.0500. The third-order valence-electron chi connectivity index (χ3n) is 1.45. The number of rotatable bonds is 4. The van der Waals surface area contributed by atoms with Crippen LogP contribution in [0.15, 0.2) is 0 Å². The van der Waals surface area contributed by atoms with Crippen LogP contribution in [-0.2, 0) is 4.79 Å². The highest BCUT2D eigenvalue weighted by atomic mass is 79.9. The van der Waals surface area contributed by atoms with Gasteiger partial charge in [0.1, 0.15) is 0 Å². The molecule has 0 aliphatic heterocycles. The molecule has 60 valence electrons. The lowest BCUT2D eigenvalue weighted by Gasteiger charge is -2.07. The normalized spacial score (nSPS) is 12.7. The number of amides is 1. The third kappa shape index (κ3) is 3.88. The fraction of sp³-hybridized carbons (Fsp3) is 0.857. The smallest absolute Gasteiger partial charge is 0.222 e. The Bertz CT molecular complexity index is 106. The molecule has 0 rings (SSSR count). The minimum atomic E-state index is 0.152. The van der Waals surface area contributed by atoms with Crippen LogP contribution < -0.4 is 5.32 Å². The van der Waals surface area contributed by atoms with Crippen LogP contribution in [0.3, 0.4) is 0 Å². The molecule has 0 aromatic heterocycles. The lowest BCUT2D eigenvalue weighted by molar-refractivity contribution is -0.124. The number of nitrogens with one attached hydrogen (secondary N) is 1. The Labute approximate surface area is 70.5 Å². The standard InChI is InChI=1S/C7H14BrNO/c1-3-6(2)7(10)9-5-4-8/h6H,3-5H2,1-2H3,(H,9,10). The quantitative estimate of drug-likeness (QED) is 0.697. The summed E-state index contributed by atoms with van der Waals surface area (Å²) >= 11 is 3.23. The summed E-state index contributed by atoms with van der Waals surface area (Å²) in [5, 5.41) is 3.63. The van der Waals surface area contributed by atoms with Crippen LogP contribution in [0, 0.1) is 5.92 Å². The molecule has 2 nitrogen and oxygen atoms in total. The van der Waals surface area contributed by atoms with Gasteiger partial charge in [0.25, 0.3) is 0 Å². The summed E-state index contributed by atoms with van der Waals surface area (Å²) in [6.07, 6.45) is 0.911. The molecule has 0 bridgehead atoms. The maximum atomic E-state index is 11.0. The van der Waals surface area contributed by atoms with Crippen LogP contribution in [0.4, 0.5) is 0 Å². The number of carbonyl (C=O) groups is 1. The Balaban J connectivity index is 3.42. The topological polar surface area (TPSA) is 29.1 Å². The average Bonchev–Trinajstić information content (AvgIpc) is 1.98. The van der Waals surface area contributed by atoms with Crippen molar-refractivity contribution in [3.63, 3.8) is 0 Å². The highest BCUT2D eigenvalue weighted by molar-refractivity contribution is 9.09.